The average Bonchev–Trinajstić information content (AvgIpc) is 2.70. The third-order valence-corrected chi connectivity index (χ3v) is 3.84. The lowest BCUT2D eigenvalue weighted by Crippen LogP contribution is -2.23. The molecule has 0 fully saturated rings. The van der Waals surface area contributed by atoms with Crippen LogP contribution in [0, 0.1) is 11.8 Å². The van der Waals surface area contributed by atoms with Gasteiger partial charge in [-0.1, -0.05) is 54.3 Å². The molecule has 0 saturated heterocycles. The Hall–Kier alpha value is -3.45. The number of amides is 1. The number of benzene rings is 3. The van der Waals surface area contributed by atoms with E-state index in [1.807, 2.05) is 42.5 Å². The van der Waals surface area contributed by atoms with Crippen molar-refractivity contribution in [1.29, 1.82) is 0 Å². The highest BCUT2D eigenvalue weighted by Gasteiger charge is 2.04. The topological polar surface area (TPSA) is 47.6 Å². The lowest BCUT2D eigenvalue weighted by atomic mass is 10.1. The zero-order chi connectivity index (χ0) is 18.2. The van der Waals surface area contributed by atoms with Crippen LogP contribution < -0.4 is 14.8 Å². The number of carbonyl (C=O) groups is 1. The first-order chi connectivity index (χ1) is 12.8. The van der Waals surface area contributed by atoms with Crippen molar-refractivity contribution in [2.75, 3.05) is 20.3 Å². The standard InChI is InChI=1S/C22H19NO3/c1-25-19-11-6-10-18(16-19)22(24)23-14-4-5-15-26-21-13-7-9-17-8-2-3-12-20(17)21/h2-3,6-13,16H,14-15H2,1H3,(H,23,24). The Balaban J connectivity index is 1.50. The molecule has 0 bridgehead atoms. The zero-order valence-corrected chi connectivity index (χ0v) is 14.5. The van der Waals surface area contributed by atoms with Gasteiger partial charge in [0.2, 0.25) is 0 Å². The molecule has 0 spiro atoms. The van der Waals surface area contributed by atoms with Gasteiger partial charge in [-0.05, 0) is 29.7 Å². The second-order valence-corrected chi connectivity index (χ2v) is 5.53. The van der Waals surface area contributed by atoms with E-state index in [2.05, 4.69) is 17.2 Å². The molecule has 4 heteroatoms. The van der Waals surface area contributed by atoms with E-state index in [0.717, 1.165) is 16.5 Å². The van der Waals surface area contributed by atoms with Gasteiger partial charge in [-0.2, -0.15) is 0 Å². The maximum Gasteiger partial charge on any atom is 0.252 e. The second-order valence-electron chi connectivity index (χ2n) is 5.53. The van der Waals surface area contributed by atoms with Crippen LogP contribution in [0.2, 0.25) is 0 Å². The molecule has 3 aromatic carbocycles. The van der Waals surface area contributed by atoms with Crippen LogP contribution in [0.4, 0.5) is 0 Å². The molecule has 3 rings (SSSR count). The summed E-state index contributed by atoms with van der Waals surface area (Å²) in [6.07, 6.45) is 0. The van der Waals surface area contributed by atoms with Gasteiger partial charge in [0.15, 0.2) is 0 Å². The van der Waals surface area contributed by atoms with E-state index < -0.39 is 0 Å². The number of carbonyl (C=O) groups excluding carboxylic acids is 1. The van der Waals surface area contributed by atoms with Crippen molar-refractivity contribution in [1.82, 2.24) is 5.32 Å². The first-order valence-electron chi connectivity index (χ1n) is 8.26. The van der Waals surface area contributed by atoms with Gasteiger partial charge in [0.05, 0.1) is 13.7 Å². The van der Waals surface area contributed by atoms with Crippen molar-refractivity contribution in [3.05, 3.63) is 72.3 Å². The molecule has 0 unspecified atom stereocenters. The Morgan fingerprint density at radius 3 is 2.69 bits per heavy atom. The Labute approximate surface area is 152 Å². The van der Waals surface area contributed by atoms with Crippen LogP contribution in [-0.4, -0.2) is 26.2 Å². The first kappa shape index (κ1) is 17.4. The van der Waals surface area contributed by atoms with Crippen molar-refractivity contribution in [2.24, 2.45) is 0 Å². The summed E-state index contributed by atoms with van der Waals surface area (Å²) in [5.41, 5.74) is 0.540. The maximum atomic E-state index is 12.0. The van der Waals surface area contributed by atoms with Gasteiger partial charge < -0.3 is 14.8 Å². The molecule has 0 aliphatic carbocycles. The Morgan fingerprint density at radius 2 is 1.81 bits per heavy atom. The number of methoxy groups -OCH3 is 1. The molecule has 4 nitrogen and oxygen atoms in total. The minimum Gasteiger partial charge on any atom is -0.497 e. The molecule has 1 amide bonds. The number of nitrogens with one attached hydrogen (secondary N) is 1. The number of fused-ring (bicyclic) bond motifs is 1. The molecule has 3 aromatic rings. The van der Waals surface area contributed by atoms with Gasteiger partial charge in [-0.15, -0.1) is 0 Å². The lowest BCUT2D eigenvalue weighted by Gasteiger charge is -2.06. The minimum atomic E-state index is -0.187. The monoisotopic (exact) mass is 345 g/mol. The summed E-state index contributed by atoms with van der Waals surface area (Å²) < 4.78 is 10.8. The molecule has 0 aliphatic heterocycles. The summed E-state index contributed by atoms with van der Waals surface area (Å²) >= 11 is 0. The quantitative estimate of drug-likeness (QED) is 0.718. The maximum absolute atomic E-state index is 12.0. The fraction of sp³-hybridized carbons (Fsp3) is 0.136. The van der Waals surface area contributed by atoms with Crippen LogP contribution in [0.5, 0.6) is 11.5 Å². The Kier molecular flexibility index (Phi) is 5.74. The normalized spacial score (nSPS) is 9.88. The summed E-state index contributed by atoms with van der Waals surface area (Å²) in [5, 5.41) is 4.94. The van der Waals surface area contributed by atoms with E-state index in [4.69, 9.17) is 9.47 Å². The van der Waals surface area contributed by atoms with E-state index in [1.165, 1.54) is 0 Å². The predicted molar refractivity (Wildman–Crippen MR) is 103 cm³/mol. The lowest BCUT2D eigenvalue weighted by molar-refractivity contribution is 0.0958. The smallest absolute Gasteiger partial charge is 0.252 e. The van der Waals surface area contributed by atoms with Gasteiger partial charge in [0.1, 0.15) is 18.1 Å². The van der Waals surface area contributed by atoms with Gasteiger partial charge in [0.25, 0.3) is 5.91 Å². The molecular weight excluding hydrogens is 326 g/mol. The highest BCUT2D eigenvalue weighted by Crippen LogP contribution is 2.24. The van der Waals surface area contributed by atoms with Gasteiger partial charge >= 0.3 is 0 Å². The number of rotatable bonds is 5. The molecule has 0 heterocycles. The minimum absolute atomic E-state index is 0.187. The van der Waals surface area contributed by atoms with Crippen molar-refractivity contribution in [2.45, 2.75) is 0 Å². The summed E-state index contributed by atoms with van der Waals surface area (Å²) in [6, 6.07) is 21.0. The number of hydrogen-bond acceptors (Lipinski definition) is 3. The molecule has 0 radical (unpaired) electrons. The molecule has 130 valence electrons. The summed E-state index contributed by atoms with van der Waals surface area (Å²) in [5.74, 6) is 7.07. The number of hydrogen-bond donors (Lipinski definition) is 1. The molecule has 0 saturated carbocycles. The van der Waals surface area contributed by atoms with E-state index in [1.54, 1.807) is 31.4 Å². The number of ether oxygens (including phenoxy) is 2. The van der Waals surface area contributed by atoms with Crippen LogP contribution in [0.3, 0.4) is 0 Å². The molecule has 0 aliphatic rings. The second kappa shape index (κ2) is 8.59. The van der Waals surface area contributed by atoms with Crippen molar-refractivity contribution < 1.29 is 14.3 Å². The fourth-order valence-corrected chi connectivity index (χ4v) is 2.54. The third-order valence-electron chi connectivity index (χ3n) is 3.84. The molecule has 1 N–H and O–H groups in total. The van der Waals surface area contributed by atoms with Crippen LogP contribution in [-0.2, 0) is 0 Å². The molecule has 26 heavy (non-hydrogen) atoms. The fourth-order valence-electron chi connectivity index (χ4n) is 2.54. The van der Waals surface area contributed by atoms with Crippen LogP contribution in [0.1, 0.15) is 10.4 Å². The van der Waals surface area contributed by atoms with Crippen LogP contribution in [0.15, 0.2) is 66.7 Å². The van der Waals surface area contributed by atoms with Crippen LogP contribution in [0.25, 0.3) is 10.8 Å². The van der Waals surface area contributed by atoms with E-state index in [-0.39, 0.29) is 19.1 Å². The van der Waals surface area contributed by atoms with E-state index in [0.29, 0.717) is 11.3 Å². The highest BCUT2D eigenvalue weighted by molar-refractivity contribution is 5.94. The van der Waals surface area contributed by atoms with Crippen molar-refractivity contribution in [3.63, 3.8) is 0 Å². The summed E-state index contributed by atoms with van der Waals surface area (Å²) in [4.78, 5) is 12.0. The summed E-state index contributed by atoms with van der Waals surface area (Å²) in [6.45, 7) is 0.526. The SMILES string of the molecule is COc1cccc(C(=O)NCC#CCOc2cccc3ccccc23)c1. The first-order valence-corrected chi connectivity index (χ1v) is 8.26. The average molecular weight is 345 g/mol. The van der Waals surface area contributed by atoms with Crippen LogP contribution >= 0.6 is 0 Å². The third kappa shape index (κ3) is 4.34. The van der Waals surface area contributed by atoms with Gasteiger partial charge in [0, 0.05) is 10.9 Å². The van der Waals surface area contributed by atoms with Gasteiger partial charge in [-0.3, -0.25) is 4.79 Å². The zero-order valence-electron chi connectivity index (χ0n) is 14.5. The summed E-state index contributed by atoms with van der Waals surface area (Å²) in [7, 11) is 1.57. The predicted octanol–water partition coefficient (Wildman–Crippen LogP) is 3.66. The van der Waals surface area contributed by atoms with E-state index in [9.17, 15) is 4.79 Å². The van der Waals surface area contributed by atoms with Crippen molar-refractivity contribution >= 4 is 16.7 Å². The van der Waals surface area contributed by atoms with Gasteiger partial charge in [-0.25, -0.2) is 0 Å². The molecule has 0 aromatic heterocycles. The molecular formula is C22H19NO3. The van der Waals surface area contributed by atoms with E-state index >= 15 is 0 Å². The van der Waals surface area contributed by atoms with Crippen molar-refractivity contribution in [3.8, 4) is 23.3 Å². The largest absolute Gasteiger partial charge is 0.497 e. The Bertz CT molecular complexity index is 964. The Morgan fingerprint density at radius 1 is 1.00 bits per heavy atom. The highest BCUT2D eigenvalue weighted by atomic mass is 16.5. The molecule has 0 atom stereocenters.